The second kappa shape index (κ2) is 9.35. The van der Waals surface area contributed by atoms with Gasteiger partial charge in [0.25, 0.3) is 11.6 Å². The Balaban J connectivity index is 1.59. The van der Waals surface area contributed by atoms with Gasteiger partial charge in [0.2, 0.25) is 0 Å². The van der Waals surface area contributed by atoms with Crippen LogP contribution in [-0.2, 0) is 12.7 Å². The molecule has 0 aliphatic carbocycles. The van der Waals surface area contributed by atoms with Crippen LogP contribution in [0.25, 0.3) is 10.6 Å². The number of anilines is 1. The van der Waals surface area contributed by atoms with Crippen molar-refractivity contribution in [2.75, 3.05) is 5.43 Å². The lowest BCUT2D eigenvalue weighted by molar-refractivity contribution is -0.384. The number of nitrogens with zero attached hydrogens (tertiary/aromatic N) is 3. The third kappa shape index (κ3) is 5.07. The van der Waals surface area contributed by atoms with Gasteiger partial charge in [0.05, 0.1) is 27.5 Å². The van der Waals surface area contributed by atoms with Crippen LogP contribution >= 0.6 is 11.3 Å². The summed E-state index contributed by atoms with van der Waals surface area (Å²) < 4.78 is 40.3. The zero-order valence-corrected chi connectivity index (χ0v) is 18.1. The maximum absolute atomic E-state index is 12.9. The monoisotopic (exact) mass is 487 g/mol. The fourth-order valence-electron chi connectivity index (χ4n) is 3.19. The van der Waals surface area contributed by atoms with E-state index >= 15 is 0 Å². The Hall–Kier alpha value is -4.19. The molecule has 0 atom stereocenters. The van der Waals surface area contributed by atoms with Gasteiger partial charge in [-0.2, -0.15) is 18.3 Å². The molecule has 12 heteroatoms. The molecule has 0 saturated heterocycles. The highest BCUT2D eigenvalue weighted by atomic mass is 32.1. The van der Waals surface area contributed by atoms with E-state index in [4.69, 9.17) is 0 Å². The number of halogens is 3. The number of rotatable bonds is 7. The molecule has 2 N–H and O–H groups in total. The number of nitrogens with one attached hydrogen (secondary N) is 2. The minimum absolute atomic E-state index is 0.195. The SMILES string of the molecule is O=C(NNc1ccc(C(F)(F)F)cc1[N+](=O)[O-])c1cn(Cc2ccccc2)nc1-c1cccs1. The largest absolute Gasteiger partial charge is 0.416 e. The molecular formula is C22H16F3N5O3S. The van der Waals surface area contributed by atoms with Crippen molar-refractivity contribution < 1.29 is 22.9 Å². The number of alkyl halides is 3. The molecule has 0 saturated carbocycles. The number of nitro groups is 1. The summed E-state index contributed by atoms with van der Waals surface area (Å²) in [5, 5.41) is 17.6. The lowest BCUT2D eigenvalue weighted by atomic mass is 10.1. The molecule has 0 spiro atoms. The highest BCUT2D eigenvalue weighted by Crippen LogP contribution is 2.35. The maximum Gasteiger partial charge on any atom is 0.416 e. The van der Waals surface area contributed by atoms with Crippen molar-refractivity contribution in [3.8, 4) is 10.6 Å². The summed E-state index contributed by atoms with van der Waals surface area (Å²) in [4.78, 5) is 24.0. The van der Waals surface area contributed by atoms with Gasteiger partial charge in [-0.3, -0.25) is 30.4 Å². The van der Waals surface area contributed by atoms with Crippen molar-refractivity contribution in [1.29, 1.82) is 0 Å². The Labute approximate surface area is 194 Å². The zero-order valence-electron chi connectivity index (χ0n) is 17.2. The van der Waals surface area contributed by atoms with Gasteiger partial charge in [0, 0.05) is 12.3 Å². The van der Waals surface area contributed by atoms with Gasteiger partial charge >= 0.3 is 6.18 Å². The molecule has 2 aromatic heterocycles. The number of carbonyl (C=O) groups excluding carboxylic acids is 1. The molecule has 2 aromatic carbocycles. The first-order valence-electron chi connectivity index (χ1n) is 9.79. The molecule has 0 unspecified atom stereocenters. The first-order chi connectivity index (χ1) is 16.2. The van der Waals surface area contributed by atoms with Crippen molar-refractivity contribution in [3.05, 3.63) is 99.0 Å². The number of hydrogen-bond acceptors (Lipinski definition) is 6. The second-order valence-corrected chi connectivity index (χ2v) is 8.07. The van der Waals surface area contributed by atoms with Crippen LogP contribution in [0.5, 0.6) is 0 Å². The van der Waals surface area contributed by atoms with Crippen molar-refractivity contribution >= 4 is 28.6 Å². The molecule has 0 aliphatic rings. The number of nitro benzene ring substituents is 1. The Bertz CT molecular complexity index is 1320. The van der Waals surface area contributed by atoms with E-state index in [0.717, 1.165) is 16.5 Å². The van der Waals surface area contributed by atoms with Crippen molar-refractivity contribution in [1.82, 2.24) is 15.2 Å². The molecule has 34 heavy (non-hydrogen) atoms. The fraction of sp³-hybridized carbons (Fsp3) is 0.0909. The van der Waals surface area contributed by atoms with Gasteiger partial charge in [-0.15, -0.1) is 11.3 Å². The van der Waals surface area contributed by atoms with Crippen LogP contribution in [0.2, 0.25) is 0 Å². The quantitative estimate of drug-likeness (QED) is 0.271. The predicted octanol–water partition coefficient (Wildman–Crippen LogP) is 5.34. The first kappa shape index (κ1) is 23.0. The smallest absolute Gasteiger partial charge is 0.292 e. The number of thiophene rings is 1. The fourth-order valence-corrected chi connectivity index (χ4v) is 3.91. The van der Waals surface area contributed by atoms with Crippen LogP contribution in [0.4, 0.5) is 24.5 Å². The van der Waals surface area contributed by atoms with Crippen molar-refractivity contribution in [2.24, 2.45) is 0 Å². The van der Waals surface area contributed by atoms with Gasteiger partial charge in [0.1, 0.15) is 11.4 Å². The van der Waals surface area contributed by atoms with Crippen molar-refractivity contribution in [3.63, 3.8) is 0 Å². The Kier molecular flexibility index (Phi) is 6.32. The highest BCUT2D eigenvalue weighted by molar-refractivity contribution is 7.13. The molecular weight excluding hydrogens is 471 g/mol. The maximum atomic E-state index is 12.9. The highest BCUT2D eigenvalue weighted by Gasteiger charge is 2.33. The van der Waals surface area contributed by atoms with E-state index in [1.165, 1.54) is 11.3 Å². The molecule has 0 aliphatic heterocycles. The van der Waals surface area contributed by atoms with Crippen LogP contribution < -0.4 is 10.9 Å². The number of aromatic nitrogens is 2. The summed E-state index contributed by atoms with van der Waals surface area (Å²) in [5.41, 5.74) is 3.97. The molecule has 0 bridgehead atoms. The topological polar surface area (TPSA) is 102 Å². The van der Waals surface area contributed by atoms with E-state index in [1.54, 1.807) is 16.9 Å². The minimum Gasteiger partial charge on any atom is -0.292 e. The number of amides is 1. The van der Waals surface area contributed by atoms with Crippen LogP contribution in [0.1, 0.15) is 21.5 Å². The van der Waals surface area contributed by atoms with Gasteiger partial charge in [0.15, 0.2) is 0 Å². The molecule has 8 nitrogen and oxygen atoms in total. The zero-order chi connectivity index (χ0) is 24.3. The van der Waals surface area contributed by atoms with Gasteiger partial charge < -0.3 is 0 Å². The standard InChI is InChI=1S/C22H16F3N5O3S/c23-22(24,25)15-8-9-17(18(11-15)30(32)33)26-27-21(31)16-13-29(12-14-5-2-1-3-6-14)28-20(16)19-7-4-10-34-19/h1-11,13,26H,12H2,(H,27,31). The molecule has 0 radical (unpaired) electrons. The number of benzene rings is 2. The van der Waals surface area contributed by atoms with E-state index in [1.807, 2.05) is 41.8 Å². The third-order valence-electron chi connectivity index (χ3n) is 4.78. The van der Waals surface area contributed by atoms with E-state index in [9.17, 15) is 28.1 Å². The normalized spacial score (nSPS) is 11.3. The summed E-state index contributed by atoms with van der Waals surface area (Å²) in [6.07, 6.45) is -3.20. The third-order valence-corrected chi connectivity index (χ3v) is 5.66. The summed E-state index contributed by atoms with van der Waals surface area (Å²) in [6, 6.07) is 15.1. The molecule has 4 aromatic rings. The minimum atomic E-state index is -4.74. The number of carbonyl (C=O) groups is 1. The summed E-state index contributed by atoms with van der Waals surface area (Å²) in [6.45, 7) is 0.407. The predicted molar refractivity (Wildman–Crippen MR) is 120 cm³/mol. The molecule has 0 fully saturated rings. The number of hydrazine groups is 1. The van der Waals surface area contributed by atoms with E-state index in [0.29, 0.717) is 24.4 Å². The van der Waals surface area contributed by atoms with Crippen LogP contribution in [0, 0.1) is 10.1 Å². The summed E-state index contributed by atoms with van der Waals surface area (Å²) in [5.74, 6) is -0.656. The van der Waals surface area contributed by atoms with Crippen LogP contribution in [0.3, 0.4) is 0 Å². The van der Waals surface area contributed by atoms with Gasteiger partial charge in [-0.1, -0.05) is 36.4 Å². The van der Waals surface area contributed by atoms with Crippen LogP contribution in [0.15, 0.2) is 72.2 Å². The molecule has 4 rings (SSSR count). The number of hydrogen-bond donors (Lipinski definition) is 2. The van der Waals surface area contributed by atoms with Crippen LogP contribution in [-0.4, -0.2) is 20.6 Å². The Morgan fingerprint density at radius 1 is 1.12 bits per heavy atom. The van der Waals surface area contributed by atoms with Gasteiger partial charge in [-0.25, -0.2) is 0 Å². The Morgan fingerprint density at radius 3 is 2.53 bits per heavy atom. The van der Waals surface area contributed by atoms with Gasteiger partial charge in [-0.05, 0) is 29.1 Å². The van der Waals surface area contributed by atoms with E-state index in [2.05, 4.69) is 16.0 Å². The second-order valence-electron chi connectivity index (χ2n) is 7.12. The summed E-state index contributed by atoms with van der Waals surface area (Å²) in [7, 11) is 0. The Morgan fingerprint density at radius 2 is 1.88 bits per heavy atom. The van der Waals surface area contributed by atoms with Crippen molar-refractivity contribution in [2.45, 2.75) is 12.7 Å². The molecule has 2 heterocycles. The molecule has 1 amide bonds. The average molecular weight is 487 g/mol. The van der Waals surface area contributed by atoms with E-state index in [-0.39, 0.29) is 11.3 Å². The lowest BCUT2D eigenvalue weighted by Gasteiger charge is -2.11. The average Bonchev–Trinajstić information content (AvgIpc) is 3.47. The summed E-state index contributed by atoms with van der Waals surface area (Å²) >= 11 is 1.38. The molecule has 174 valence electrons. The first-order valence-corrected chi connectivity index (χ1v) is 10.7. The van der Waals surface area contributed by atoms with E-state index < -0.39 is 28.3 Å². The lowest BCUT2D eigenvalue weighted by Crippen LogP contribution is -2.30.